The number of likely N-dealkylation sites (N-methyl/N-ethyl adjacent to an activating group) is 1. The molecular formula is C21H24N4O5S. The lowest BCUT2D eigenvalue weighted by atomic mass is 10.1. The molecule has 9 nitrogen and oxygen atoms in total. The average molecular weight is 445 g/mol. The number of fused-ring (bicyclic) bond motifs is 1. The van der Waals surface area contributed by atoms with Crippen LogP contribution in [0, 0.1) is 0 Å². The van der Waals surface area contributed by atoms with Gasteiger partial charge in [0.1, 0.15) is 5.82 Å². The molecule has 2 aromatic rings. The molecule has 0 saturated heterocycles. The lowest BCUT2D eigenvalue weighted by Gasteiger charge is -2.30. The van der Waals surface area contributed by atoms with Crippen LogP contribution in [0.4, 0.5) is 5.82 Å². The minimum absolute atomic E-state index is 0.0389. The van der Waals surface area contributed by atoms with Crippen molar-refractivity contribution in [3.8, 4) is 0 Å². The van der Waals surface area contributed by atoms with Crippen molar-refractivity contribution < 1.29 is 22.7 Å². The van der Waals surface area contributed by atoms with Gasteiger partial charge in [0.05, 0.1) is 4.90 Å². The summed E-state index contributed by atoms with van der Waals surface area (Å²) in [7, 11) is 1.03. The Morgan fingerprint density at radius 1 is 1.13 bits per heavy atom. The van der Waals surface area contributed by atoms with Gasteiger partial charge in [-0.25, -0.2) is 13.4 Å². The van der Waals surface area contributed by atoms with Crippen LogP contribution in [0.25, 0.3) is 5.76 Å². The number of carbonyl (C=O) groups excluding carboxylic acids is 2. The summed E-state index contributed by atoms with van der Waals surface area (Å²) in [6.07, 6.45) is 2.17. The Balaban J connectivity index is 2.02. The normalized spacial score (nSPS) is 14.9. The zero-order chi connectivity index (χ0) is 22.6. The van der Waals surface area contributed by atoms with Gasteiger partial charge >= 0.3 is 5.97 Å². The van der Waals surface area contributed by atoms with Gasteiger partial charge in [0.2, 0.25) is 0 Å². The number of anilines is 1. The number of pyridine rings is 1. The molecule has 0 spiro atoms. The highest BCUT2D eigenvalue weighted by molar-refractivity contribution is 7.89. The molecule has 10 heteroatoms. The van der Waals surface area contributed by atoms with Crippen LogP contribution >= 0.6 is 0 Å². The number of hydrogen-bond donors (Lipinski definition) is 1. The summed E-state index contributed by atoms with van der Waals surface area (Å²) in [5, 5.41) is 2.56. The van der Waals surface area contributed by atoms with E-state index in [1.807, 2.05) is 19.0 Å². The SMILES string of the molecule is CN(C)CCCC(=O)OC1=C(C(=O)Nc2ccccn2)N(C)S(=O)(=O)c2ccccc21. The van der Waals surface area contributed by atoms with Crippen molar-refractivity contribution in [3.05, 3.63) is 59.9 Å². The monoisotopic (exact) mass is 444 g/mol. The van der Waals surface area contributed by atoms with Gasteiger partial charge in [0, 0.05) is 25.2 Å². The molecule has 164 valence electrons. The largest absolute Gasteiger partial charge is 0.423 e. The van der Waals surface area contributed by atoms with Gasteiger partial charge < -0.3 is 15.0 Å². The molecule has 3 rings (SSSR count). The zero-order valence-electron chi connectivity index (χ0n) is 17.5. The number of nitrogens with one attached hydrogen (secondary N) is 1. The van der Waals surface area contributed by atoms with E-state index in [0.717, 1.165) is 4.31 Å². The number of rotatable bonds is 7. The van der Waals surface area contributed by atoms with Crippen LogP contribution < -0.4 is 5.32 Å². The average Bonchev–Trinajstić information content (AvgIpc) is 2.72. The molecule has 0 atom stereocenters. The van der Waals surface area contributed by atoms with E-state index in [1.165, 1.54) is 25.4 Å². The van der Waals surface area contributed by atoms with Gasteiger partial charge in [-0.2, -0.15) is 0 Å². The molecule has 0 aliphatic carbocycles. The predicted octanol–water partition coefficient (Wildman–Crippen LogP) is 1.91. The third-order valence-corrected chi connectivity index (χ3v) is 6.44. The Kier molecular flexibility index (Phi) is 6.71. The second-order valence-corrected chi connectivity index (χ2v) is 9.13. The predicted molar refractivity (Wildman–Crippen MR) is 115 cm³/mol. The highest BCUT2D eigenvalue weighted by Crippen LogP contribution is 2.37. The molecule has 1 aromatic carbocycles. The number of esters is 1. The first-order valence-electron chi connectivity index (χ1n) is 9.62. The van der Waals surface area contributed by atoms with E-state index in [0.29, 0.717) is 13.0 Å². The smallest absolute Gasteiger partial charge is 0.311 e. The molecule has 0 fully saturated rings. The number of ether oxygens (including phenoxy) is 1. The van der Waals surface area contributed by atoms with Crippen molar-refractivity contribution in [2.45, 2.75) is 17.7 Å². The summed E-state index contributed by atoms with van der Waals surface area (Å²) in [4.78, 5) is 31.5. The maximum absolute atomic E-state index is 13.1. The maximum atomic E-state index is 13.1. The van der Waals surface area contributed by atoms with Crippen LogP contribution in [-0.4, -0.2) is 62.2 Å². The van der Waals surface area contributed by atoms with Crippen LogP contribution in [0.15, 0.2) is 59.3 Å². The standard InChI is InChI=1S/C21H24N4O5S/c1-24(2)14-8-12-18(26)30-20-15-9-4-5-10-16(15)31(28,29)25(3)19(20)21(27)23-17-11-6-7-13-22-17/h4-7,9-11,13H,8,12,14H2,1-3H3,(H,22,23,27). The van der Waals surface area contributed by atoms with E-state index in [1.54, 1.807) is 30.3 Å². The summed E-state index contributed by atoms with van der Waals surface area (Å²) in [5.41, 5.74) is -0.127. The number of aromatic nitrogens is 1. The van der Waals surface area contributed by atoms with Gasteiger partial charge in [0.15, 0.2) is 11.5 Å². The first-order chi connectivity index (χ1) is 14.7. The third kappa shape index (κ3) is 4.92. The van der Waals surface area contributed by atoms with Crippen molar-refractivity contribution in [1.29, 1.82) is 0 Å². The molecule has 0 unspecified atom stereocenters. The van der Waals surface area contributed by atoms with Gasteiger partial charge in [0.25, 0.3) is 15.9 Å². The summed E-state index contributed by atoms with van der Waals surface area (Å²) < 4.78 is 32.4. The van der Waals surface area contributed by atoms with Crippen LogP contribution in [0.3, 0.4) is 0 Å². The Morgan fingerprint density at radius 3 is 2.52 bits per heavy atom. The fourth-order valence-corrected chi connectivity index (χ4v) is 4.47. The lowest BCUT2D eigenvalue weighted by Crippen LogP contribution is -2.38. The molecule has 1 N–H and O–H groups in total. The zero-order valence-corrected chi connectivity index (χ0v) is 18.3. The Bertz CT molecular complexity index is 1110. The molecule has 1 aliphatic rings. The van der Waals surface area contributed by atoms with E-state index in [2.05, 4.69) is 10.3 Å². The molecular weight excluding hydrogens is 420 g/mol. The Hall–Kier alpha value is -3.24. The van der Waals surface area contributed by atoms with Crippen LogP contribution in [0.2, 0.25) is 0 Å². The summed E-state index contributed by atoms with van der Waals surface area (Å²) in [6.45, 7) is 0.687. The number of nitrogens with zero attached hydrogens (tertiary/aromatic N) is 3. The third-order valence-electron chi connectivity index (χ3n) is 4.62. The van der Waals surface area contributed by atoms with Crippen molar-refractivity contribution in [2.75, 3.05) is 33.0 Å². The first-order valence-corrected chi connectivity index (χ1v) is 11.1. The quantitative estimate of drug-likeness (QED) is 0.650. The van der Waals surface area contributed by atoms with E-state index < -0.39 is 21.9 Å². The summed E-state index contributed by atoms with van der Waals surface area (Å²) >= 11 is 0. The number of sulfonamides is 1. The van der Waals surface area contributed by atoms with E-state index in [-0.39, 0.29) is 34.2 Å². The Labute approximate surface area is 181 Å². The van der Waals surface area contributed by atoms with Crippen molar-refractivity contribution in [2.24, 2.45) is 0 Å². The van der Waals surface area contributed by atoms with Gasteiger partial charge in [-0.1, -0.05) is 18.2 Å². The second-order valence-electron chi connectivity index (χ2n) is 7.20. The molecule has 2 heterocycles. The molecule has 31 heavy (non-hydrogen) atoms. The molecule has 1 aliphatic heterocycles. The van der Waals surface area contributed by atoms with E-state index in [9.17, 15) is 18.0 Å². The summed E-state index contributed by atoms with van der Waals surface area (Å²) in [5.74, 6) is -1.17. The van der Waals surface area contributed by atoms with Crippen molar-refractivity contribution in [3.63, 3.8) is 0 Å². The maximum Gasteiger partial charge on any atom is 0.311 e. The van der Waals surface area contributed by atoms with Crippen LogP contribution in [-0.2, 0) is 24.3 Å². The molecule has 0 bridgehead atoms. The Morgan fingerprint density at radius 2 is 1.84 bits per heavy atom. The minimum Gasteiger partial charge on any atom is -0.423 e. The number of hydrogen-bond acceptors (Lipinski definition) is 7. The van der Waals surface area contributed by atoms with E-state index >= 15 is 0 Å². The van der Waals surface area contributed by atoms with Crippen LogP contribution in [0.1, 0.15) is 18.4 Å². The van der Waals surface area contributed by atoms with Gasteiger partial charge in [-0.15, -0.1) is 0 Å². The molecule has 0 radical (unpaired) electrons. The summed E-state index contributed by atoms with van der Waals surface area (Å²) in [6, 6.07) is 11.0. The molecule has 1 amide bonds. The molecule has 1 aromatic heterocycles. The minimum atomic E-state index is -4.01. The number of carbonyl (C=O) groups is 2. The van der Waals surface area contributed by atoms with Crippen molar-refractivity contribution >= 4 is 33.5 Å². The van der Waals surface area contributed by atoms with E-state index in [4.69, 9.17) is 4.74 Å². The highest BCUT2D eigenvalue weighted by Gasteiger charge is 2.39. The topological polar surface area (TPSA) is 109 Å². The fourth-order valence-electron chi connectivity index (χ4n) is 3.08. The van der Waals surface area contributed by atoms with Gasteiger partial charge in [-0.3, -0.25) is 13.9 Å². The first kappa shape index (κ1) is 22.4. The fraction of sp³-hybridized carbons (Fsp3) is 0.286. The second kappa shape index (κ2) is 9.27. The molecule has 0 saturated carbocycles. The van der Waals surface area contributed by atoms with Crippen LogP contribution in [0.5, 0.6) is 0 Å². The number of benzene rings is 1. The lowest BCUT2D eigenvalue weighted by molar-refractivity contribution is -0.137. The van der Waals surface area contributed by atoms with Gasteiger partial charge in [-0.05, 0) is 51.3 Å². The highest BCUT2D eigenvalue weighted by atomic mass is 32.2. The van der Waals surface area contributed by atoms with Crippen molar-refractivity contribution in [1.82, 2.24) is 14.2 Å². The number of amides is 1.